The van der Waals surface area contributed by atoms with Crippen LogP contribution >= 0.6 is 11.8 Å². The Morgan fingerprint density at radius 2 is 1.64 bits per heavy atom. The van der Waals surface area contributed by atoms with Gasteiger partial charge in [-0.15, -0.1) is 11.8 Å². The number of carbonyl (C=O) groups excluding carboxylic acids is 1. The van der Waals surface area contributed by atoms with Gasteiger partial charge in [-0.2, -0.15) is 26.3 Å². The zero-order valence-corrected chi connectivity index (χ0v) is 12.8. The van der Waals surface area contributed by atoms with Crippen LogP contribution in [0.25, 0.3) is 0 Å². The van der Waals surface area contributed by atoms with Gasteiger partial charge in [-0.25, -0.2) is 9.18 Å². The molecule has 2 unspecified atom stereocenters. The molecule has 22 heavy (non-hydrogen) atoms. The number of rotatable bonds is 8. The molecule has 0 radical (unpaired) electrons. The third-order valence-electron chi connectivity index (χ3n) is 2.98. The molecule has 0 aliphatic heterocycles. The molecule has 2 atom stereocenters. The summed E-state index contributed by atoms with van der Waals surface area (Å²) in [5.74, 6) is -4.08. The number of hydrogen-bond donors (Lipinski definition) is 0. The summed E-state index contributed by atoms with van der Waals surface area (Å²) in [6.07, 6.45) is -12.3. The van der Waals surface area contributed by atoms with Gasteiger partial charge in [0.25, 0.3) is 5.00 Å². The maximum absolute atomic E-state index is 14.4. The van der Waals surface area contributed by atoms with Crippen molar-refractivity contribution in [3.8, 4) is 0 Å². The monoisotopic (exact) mass is 358 g/mol. The van der Waals surface area contributed by atoms with Gasteiger partial charge in [0.15, 0.2) is 0 Å². The molecule has 2 nitrogen and oxygen atoms in total. The van der Waals surface area contributed by atoms with Crippen molar-refractivity contribution >= 4 is 17.7 Å². The van der Waals surface area contributed by atoms with Crippen molar-refractivity contribution in [3.63, 3.8) is 0 Å². The Labute approximate surface area is 127 Å². The maximum Gasteiger partial charge on any atom is 0.391 e. The Morgan fingerprint density at radius 1 is 1.09 bits per heavy atom. The normalized spacial score (nSPS) is 17.0. The lowest BCUT2D eigenvalue weighted by Gasteiger charge is -2.25. The van der Waals surface area contributed by atoms with E-state index in [-0.39, 0.29) is 18.2 Å². The van der Waals surface area contributed by atoms with E-state index in [1.54, 1.807) is 0 Å². The number of ether oxygens (including phenoxy) is 1. The minimum Gasteiger partial charge on any atom is -0.466 e. The zero-order valence-electron chi connectivity index (χ0n) is 12.0. The Bertz CT molecular complexity index is 356. The van der Waals surface area contributed by atoms with Crippen LogP contribution < -0.4 is 0 Å². The Hall–Kier alpha value is -0.670. The molecule has 0 aliphatic rings. The minimum absolute atomic E-state index is 0.0180. The summed E-state index contributed by atoms with van der Waals surface area (Å²) >= 11 is 0.0180. The number of hydrogen-bond acceptors (Lipinski definition) is 3. The molecular weight excluding hydrogens is 341 g/mol. The van der Waals surface area contributed by atoms with Crippen LogP contribution in [0.2, 0.25) is 0 Å². The van der Waals surface area contributed by atoms with Gasteiger partial charge in [-0.3, -0.25) is 0 Å². The predicted octanol–water partition coefficient (Wildman–Crippen LogP) is 4.88. The quantitative estimate of drug-likeness (QED) is 0.457. The third-order valence-corrected chi connectivity index (χ3v) is 4.21. The van der Waals surface area contributed by atoms with Crippen LogP contribution in [-0.2, 0) is 9.53 Å². The predicted molar refractivity (Wildman–Crippen MR) is 68.1 cm³/mol. The van der Waals surface area contributed by atoms with Gasteiger partial charge in [0, 0.05) is 12.2 Å². The molecule has 0 amide bonds. The van der Waals surface area contributed by atoms with E-state index in [9.17, 15) is 35.5 Å². The molecule has 0 aromatic rings. The highest BCUT2D eigenvalue weighted by Crippen LogP contribution is 2.40. The molecule has 0 aliphatic carbocycles. The Morgan fingerprint density at radius 3 is 2.00 bits per heavy atom. The lowest BCUT2D eigenvalue weighted by atomic mass is 9.98. The molecule has 0 aromatic heterocycles. The first-order valence-corrected chi connectivity index (χ1v) is 7.39. The summed E-state index contributed by atoms with van der Waals surface area (Å²) in [6.45, 7) is 1.26. The van der Waals surface area contributed by atoms with Crippen molar-refractivity contribution in [3.05, 3.63) is 0 Å². The second-order valence-corrected chi connectivity index (χ2v) is 5.96. The number of methoxy groups -OCH3 is 1. The van der Waals surface area contributed by atoms with E-state index in [1.807, 2.05) is 0 Å². The average molecular weight is 358 g/mol. The van der Waals surface area contributed by atoms with Crippen LogP contribution in [0.1, 0.15) is 32.6 Å². The minimum atomic E-state index is -4.55. The maximum atomic E-state index is 14.4. The summed E-state index contributed by atoms with van der Waals surface area (Å²) < 4.78 is 92.4. The van der Waals surface area contributed by atoms with Crippen molar-refractivity contribution < 1.29 is 40.3 Å². The fraction of sp³-hybridized carbons (Fsp3) is 0.917. The first-order valence-electron chi connectivity index (χ1n) is 6.40. The van der Waals surface area contributed by atoms with Crippen LogP contribution in [0.5, 0.6) is 0 Å². The molecule has 0 rings (SSSR count). The summed E-state index contributed by atoms with van der Waals surface area (Å²) in [5, 5.41) is -2.92. The van der Waals surface area contributed by atoms with Crippen LogP contribution in [0.4, 0.5) is 30.7 Å². The van der Waals surface area contributed by atoms with E-state index >= 15 is 0 Å². The number of esters is 1. The molecule has 0 aromatic carbocycles. The standard InChI is InChI=1S/C12H17F7O2S/c1-3-8(12(17,18)19)4-5-10(13,9(20)21-2)22-7-6-11(14,15)16/h8H,3-7H2,1-2H3. The van der Waals surface area contributed by atoms with Gasteiger partial charge in [-0.05, 0) is 12.8 Å². The van der Waals surface area contributed by atoms with E-state index in [2.05, 4.69) is 4.74 Å². The van der Waals surface area contributed by atoms with Gasteiger partial charge in [0.1, 0.15) is 0 Å². The van der Waals surface area contributed by atoms with E-state index in [0.717, 1.165) is 7.11 Å². The molecule has 0 saturated heterocycles. The number of carbonyl (C=O) groups is 1. The van der Waals surface area contributed by atoms with Crippen molar-refractivity contribution in [1.29, 1.82) is 0 Å². The van der Waals surface area contributed by atoms with Crippen LogP contribution in [-0.4, -0.2) is 36.2 Å². The average Bonchev–Trinajstić information content (AvgIpc) is 2.35. The Kier molecular flexibility index (Phi) is 8.01. The zero-order chi connectivity index (χ0) is 17.6. The molecular formula is C12H17F7O2S. The van der Waals surface area contributed by atoms with Gasteiger partial charge in [-0.1, -0.05) is 6.92 Å². The summed E-state index contributed by atoms with van der Waals surface area (Å²) in [5.41, 5.74) is 0. The van der Waals surface area contributed by atoms with E-state index in [1.165, 1.54) is 6.92 Å². The van der Waals surface area contributed by atoms with Gasteiger partial charge < -0.3 is 4.74 Å². The largest absolute Gasteiger partial charge is 0.466 e. The lowest BCUT2D eigenvalue weighted by molar-refractivity contribution is -0.179. The van der Waals surface area contributed by atoms with Gasteiger partial charge in [0.2, 0.25) is 0 Å². The molecule has 0 saturated carbocycles. The molecule has 10 heteroatoms. The van der Waals surface area contributed by atoms with Crippen LogP contribution in [0.3, 0.4) is 0 Å². The van der Waals surface area contributed by atoms with Crippen LogP contribution in [0, 0.1) is 5.92 Å². The molecule has 0 N–H and O–H groups in total. The summed E-state index contributed by atoms with van der Waals surface area (Å²) in [4.78, 5) is 11.4. The SMILES string of the molecule is CCC(CCC(F)(SCCC(F)(F)F)C(=O)OC)C(F)(F)F. The second-order valence-electron chi connectivity index (χ2n) is 4.62. The van der Waals surface area contributed by atoms with Crippen molar-refractivity contribution in [1.82, 2.24) is 0 Å². The third kappa shape index (κ3) is 7.55. The smallest absolute Gasteiger partial charge is 0.391 e. The summed E-state index contributed by atoms with van der Waals surface area (Å²) in [6, 6.07) is 0. The second kappa shape index (κ2) is 8.26. The van der Waals surface area contributed by atoms with Crippen molar-refractivity contribution in [2.24, 2.45) is 5.92 Å². The topological polar surface area (TPSA) is 26.3 Å². The highest BCUT2D eigenvalue weighted by molar-refractivity contribution is 8.01. The van der Waals surface area contributed by atoms with Crippen molar-refractivity contribution in [2.45, 2.75) is 50.0 Å². The van der Waals surface area contributed by atoms with Gasteiger partial charge in [0.05, 0.1) is 19.4 Å². The highest BCUT2D eigenvalue weighted by Gasteiger charge is 2.45. The van der Waals surface area contributed by atoms with Crippen molar-refractivity contribution in [2.75, 3.05) is 12.9 Å². The summed E-state index contributed by atoms with van der Waals surface area (Å²) in [7, 11) is 0.821. The molecule has 0 heterocycles. The van der Waals surface area contributed by atoms with Crippen LogP contribution in [0.15, 0.2) is 0 Å². The lowest BCUT2D eigenvalue weighted by Crippen LogP contribution is -2.34. The fourth-order valence-corrected chi connectivity index (χ4v) is 2.79. The number of halogens is 7. The first-order chi connectivity index (χ1) is 9.85. The number of thioether (sulfide) groups is 1. The fourth-order valence-electron chi connectivity index (χ4n) is 1.67. The molecule has 132 valence electrons. The number of alkyl halides is 7. The molecule has 0 bridgehead atoms. The van der Waals surface area contributed by atoms with E-state index < -0.39 is 54.3 Å². The van der Waals surface area contributed by atoms with E-state index in [4.69, 9.17) is 0 Å². The Balaban J connectivity index is 4.79. The first kappa shape index (κ1) is 21.3. The molecule has 0 fully saturated rings. The van der Waals surface area contributed by atoms with Gasteiger partial charge >= 0.3 is 18.3 Å². The molecule has 0 spiro atoms. The highest BCUT2D eigenvalue weighted by atomic mass is 32.2. The van der Waals surface area contributed by atoms with E-state index in [0.29, 0.717) is 0 Å².